The summed E-state index contributed by atoms with van der Waals surface area (Å²) >= 11 is 0. The van der Waals surface area contributed by atoms with Gasteiger partial charge in [0.25, 0.3) is 0 Å². The summed E-state index contributed by atoms with van der Waals surface area (Å²) < 4.78 is 5.37. The molecule has 3 N–H and O–H groups in total. The van der Waals surface area contributed by atoms with Gasteiger partial charge in [0.05, 0.1) is 0 Å². The Bertz CT molecular complexity index is 184. The first-order chi connectivity index (χ1) is 6.68. The predicted molar refractivity (Wildman–Crippen MR) is 57.2 cm³/mol. The van der Waals surface area contributed by atoms with Crippen LogP contribution in [0.5, 0.6) is 0 Å². The molecule has 2 aliphatic rings. The van der Waals surface area contributed by atoms with E-state index in [1.807, 2.05) is 0 Å². The Kier molecular flexibility index (Phi) is 3.10. The van der Waals surface area contributed by atoms with Crippen molar-refractivity contribution in [1.29, 1.82) is 0 Å². The van der Waals surface area contributed by atoms with Crippen molar-refractivity contribution >= 4 is 0 Å². The molecule has 2 rings (SSSR count). The molecule has 1 aliphatic carbocycles. The minimum atomic E-state index is 0.317. The molecule has 0 bridgehead atoms. The molecular weight excluding hydrogens is 176 g/mol. The second-order valence-electron chi connectivity index (χ2n) is 5.15. The van der Waals surface area contributed by atoms with Gasteiger partial charge in [-0.1, -0.05) is 0 Å². The molecule has 0 radical (unpaired) electrons. The normalized spacial score (nSPS) is 36.4. The molecule has 1 saturated carbocycles. The van der Waals surface area contributed by atoms with Crippen LogP contribution in [0, 0.1) is 5.92 Å². The minimum Gasteiger partial charge on any atom is -0.381 e. The van der Waals surface area contributed by atoms with Crippen LogP contribution in [0.3, 0.4) is 0 Å². The van der Waals surface area contributed by atoms with Gasteiger partial charge in [0.1, 0.15) is 0 Å². The van der Waals surface area contributed by atoms with Crippen LogP contribution in [-0.4, -0.2) is 31.3 Å². The van der Waals surface area contributed by atoms with Gasteiger partial charge in [-0.3, -0.25) is 0 Å². The number of hydrogen-bond donors (Lipinski definition) is 2. The van der Waals surface area contributed by atoms with Crippen molar-refractivity contribution in [3.63, 3.8) is 0 Å². The quantitative estimate of drug-likeness (QED) is 0.708. The lowest BCUT2D eigenvalue weighted by Crippen LogP contribution is -2.51. The summed E-state index contributed by atoms with van der Waals surface area (Å²) in [5.41, 5.74) is 6.08. The van der Waals surface area contributed by atoms with Gasteiger partial charge in [-0.2, -0.15) is 0 Å². The maximum atomic E-state index is 5.76. The average Bonchev–Trinajstić information content (AvgIpc) is 2.12. The van der Waals surface area contributed by atoms with Gasteiger partial charge >= 0.3 is 0 Å². The minimum absolute atomic E-state index is 0.317. The summed E-state index contributed by atoms with van der Waals surface area (Å²) in [5.74, 6) is 0.824. The third-order valence-corrected chi connectivity index (χ3v) is 3.69. The van der Waals surface area contributed by atoms with Crippen LogP contribution >= 0.6 is 0 Å². The number of nitrogens with two attached hydrogens (primary N) is 1. The van der Waals surface area contributed by atoms with Crippen molar-refractivity contribution in [2.75, 3.05) is 19.8 Å². The first kappa shape index (κ1) is 10.4. The van der Waals surface area contributed by atoms with Gasteiger partial charge in [0, 0.05) is 24.8 Å². The monoisotopic (exact) mass is 198 g/mol. The first-order valence-electron chi connectivity index (χ1n) is 5.76. The largest absolute Gasteiger partial charge is 0.381 e. The van der Waals surface area contributed by atoms with E-state index in [-0.39, 0.29) is 0 Å². The van der Waals surface area contributed by atoms with E-state index >= 15 is 0 Å². The molecule has 0 amide bonds. The van der Waals surface area contributed by atoms with E-state index in [2.05, 4.69) is 12.2 Å². The van der Waals surface area contributed by atoms with Crippen molar-refractivity contribution in [2.45, 2.75) is 44.2 Å². The Morgan fingerprint density at radius 1 is 1.36 bits per heavy atom. The van der Waals surface area contributed by atoms with Gasteiger partial charge in [-0.05, 0) is 45.1 Å². The molecule has 3 heteroatoms. The smallest absolute Gasteiger partial charge is 0.0483 e. The highest BCUT2D eigenvalue weighted by Gasteiger charge is 2.30. The van der Waals surface area contributed by atoms with E-state index < -0.39 is 0 Å². The molecular formula is C11H22N2O. The second-order valence-corrected chi connectivity index (χ2v) is 5.15. The predicted octanol–water partition coefficient (Wildman–Crippen LogP) is 0.882. The van der Waals surface area contributed by atoms with Crippen molar-refractivity contribution in [3.8, 4) is 0 Å². The topological polar surface area (TPSA) is 47.3 Å². The van der Waals surface area contributed by atoms with Gasteiger partial charge in [0.15, 0.2) is 0 Å². The van der Waals surface area contributed by atoms with E-state index in [0.717, 1.165) is 38.5 Å². The summed E-state index contributed by atoms with van der Waals surface area (Å²) in [4.78, 5) is 0. The first-order valence-corrected chi connectivity index (χ1v) is 5.76. The zero-order valence-electron chi connectivity index (χ0n) is 9.09. The zero-order chi connectivity index (χ0) is 10.0. The molecule has 0 aromatic heterocycles. The fourth-order valence-electron chi connectivity index (χ4n) is 2.34. The number of hydrogen-bond acceptors (Lipinski definition) is 3. The van der Waals surface area contributed by atoms with Gasteiger partial charge in [-0.15, -0.1) is 0 Å². The molecule has 1 saturated heterocycles. The highest BCUT2D eigenvalue weighted by atomic mass is 16.5. The van der Waals surface area contributed by atoms with E-state index in [1.165, 1.54) is 12.8 Å². The van der Waals surface area contributed by atoms with Crippen LogP contribution in [-0.2, 0) is 4.74 Å². The molecule has 1 aliphatic heterocycles. The molecule has 1 heterocycles. The summed E-state index contributed by atoms with van der Waals surface area (Å²) in [6.07, 6.45) is 4.71. The van der Waals surface area contributed by atoms with E-state index in [1.54, 1.807) is 0 Å². The number of nitrogens with one attached hydrogen (secondary N) is 1. The Hall–Kier alpha value is -0.120. The maximum Gasteiger partial charge on any atom is 0.0483 e. The Morgan fingerprint density at radius 2 is 2.00 bits per heavy atom. The fourth-order valence-corrected chi connectivity index (χ4v) is 2.34. The van der Waals surface area contributed by atoms with Crippen LogP contribution in [0.1, 0.15) is 32.6 Å². The fraction of sp³-hybridized carbons (Fsp3) is 1.00. The van der Waals surface area contributed by atoms with Crippen LogP contribution < -0.4 is 11.1 Å². The van der Waals surface area contributed by atoms with Gasteiger partial charge in [-0.25, -0.2) is 0 Å². The van der Waals surface area contributed by atoms with Gasteiger partial charge < -0.3 is 15.8 Å². The molecule has 0 unspecified atom stereocenters. The van der Waals surface area contributed by atoms with Crippen molar-refractivity contribution in [1.82, 2.24) is 5.32 Å². The number of rotatable bonds is 3. The molecule has 0 spiro atoms. The van der Waals surface area contributed by atoms with E-state index in [9.17, 15) is 0 Å². The molecule has 0 aromatic carbocycles. The van der Waals surface area contributed by atoms with E-state index in [4.69, 9.17) is 10.5 Å². The Balaban J connectivity index is 1.68. The molecule has 82 valence electrons. The Labute approximate surface area is 86.4 Å². The lowest BCUT2D eigenvalue weighted by atomic mass is 9.80. The number of ether oxygens (including phenoxy) is 1. The summed E-state index contributed by atoms with van der Waals surface area (Å²) in [7, 11) is 0. The summed E-state index contributed by atoms with van der Waals surface area (Å²) in [6, 6.07) is 0.476. The SMILES string of the molecule is CC1(NCC2CC(N)C2)CCOCC1. The van der Waals surface area contributed by atoms with Crippen LogP contribution in [0.2, 0.25) is 0 Å². The second kappa shape index (κ2) is 4.17. The van der Waals surface area contributed by atoms with Crippen LogP contribution in [0.4, 0.5) is 0 Å². The van der Waals surface area contributed by atoms with Gasteiger partial charge in [0.2, 0.25) is 0 Å². The average molecular weight is 198 g/mol. The highest BCUT2D eigenvalue weighted by Crippen LogP contribution is 2.27. The van der Waals surface area contributed by atoms with Crippen LogP contribution in [0.15, 0.2) is 0 Å². The molecule has 14 heavy (non-hydrogen) atoms. The summed E-state index contributed by atoms with van der Waals surface area (Å²) in [6.45, 7) is 5.28. The third kappa shape index (κ3) is 2.47. The summed E-state index contributed by atoms with van der Waals surface area (Å²) in [5, 5.41) is 3.68. The maximum absolute atomic E-state index is 5.76. The lowest BCUT2D eigenvalue weighted by molar-refractivity contribution is 0.0414. The highest BCUT2D eigenvalue weighted by molar-refractivity contribution is 4.89. The van der Waals surface area contributed by atoms with Crippen molar-refractivity contribution in [3.05, 3.63) is 0 Å². The zero-order valence-corrected chi connectivity index (χ0v) is 9.09. The molecule has 0 atom stereocenters. The standard InChI is InChI=1S/C11H22N2O/c1-11(2-4-14-5-3-11)13-8-9-6-10(12)7-9/h9-10,13H,2-8,12H2,1H3. The van der Waals surface area contributed by atoms with E-state index in [0.29, 0.717) is 11.6 Å². The molecule has 0 aromatic rings. The third-order valence-electron chi connectivity index (χ3n) is 3.69. The lowest BCUT2D eigenvalue weighted by Gasteiger charge is -2.39. The van der Waals surface area contributed by atoms with Crippen molar-refractivity contribution < 1.29 is 4.74 Å². The van der Waals surface area contributed by atoms with Crippen LogP contribution in [0.25, 0.3) is 0 Å². The molecule has 2 fully saturated rings. The van der Waals surface area contributed by atoms with Crippen molar-refractivity contribution in [2.24, 2.45) is 11.7 Å². The Morgan fingerprint density at radius 3 is 2.57 bits per heavy atom. The molecule has 3 nitrogen and oxygen atoms in total.